The number of carbonyl (C=O) groups is 1. The fourth-order valence-electron chi connectivity index (χ4n) is 1.92. The van der Waals surface area contributed by atoms with Crippen molar-refractivity contribution in [1.82, 2.24) is 4.98 Å². The Morgan fingerprint density at radius 3 is 2.80 bits per heavy atom. The molecule has 0 aliphatic carbocycles. The minimum atomic E-state index is -0.403. The van der Waals surface area contributed by atoms with Gasteiger partial charge in [-0.1, -0.05) is 6.92 Å². The van der Waals surface area contributed by atoms with E-state index in [-0.39, 0.29) is 0 Å². The lowest BCUT2D eigenvalue weighted by Crippen LogP contribution is -2.34. The average Bonchev–Trinajstić information content (AvgIpc) is 2.44. The molecule has 5 nitrogen and oxygen atoms in total. The van der Waals surface area contributed by atoms with Crippen LogP contribution in [0.1, 0.15) is 30.6 Å². The molecule has 0 aliphatic heterocycles. The van der Waals surface area contributed by atoms with Crippen molar-refractivity contribution in [3.8, 4) is 0 Å². The third kappa shape index (κ3) is 4.03. The zero-order valence-corrected chi connectivity index (χ0v) is 13.4. The molecule has 1 aromatic rings. The Labute approximate surface area is 124 Å². The average molecular weight is 297 g/mol. The van der Waals surface area contributed by atoms with Crippen LogP contribution in [0.2, 0.25) is 0 Å². The van der Waals surface area contributed by atoms with Crippen molar-refractivity contribution in [3.63, 3.8) is 0 Å². The number of hydrogen-bond acceptors (Lipinski definition) is 6. The van der Waals surface area contributed by atoms with E-state index >= 15 is 0 Å². The zero-order chi connectivity index (χ0) is 15.1. The normalized spacial score (nSPS) is 12.0. The van der Waals surface area contributed by atoms with Gasteiger partial charge in [0.05, 0.1) is 24.1 Å². The summed E-state index contributed by atoms with van der Waals surface area (Å²) >= 11 is 1.79. The summed E-state index contributed by atoms with van der Waals surface area (Å²) in [4.78, 5) is 18.3. The van der Waals surface area contributed by atoms with E-state index in [0.29, 0.717) is 23.9 Å². The molecule has 2 N–H and O–H groups in total. The Morgan fingerprint density at radius 1 is 1.55 bits per heavy atom. The second-order valence-electron chi connectivity index (χ2n) is 4.48. The molecule has 0 amide bonds. The summed E-state index contributed by atoms with van der Waals surface area (Å²) in [7, 11) is 1.98. The summed E-state index contributed by atoms with van der Waals surface area (Å²) in [6.07, 6.45) is 4.61. The fraction of sp³-hybridized carbons (Fsp3) is 0.571. The number of rotatable bonds is 7. The first-order valence-electron chi connectivity index (χ1n) is 6.69. The standard InChI is InChI=1S/C14H23N3O2S/c1-5-10(9-20-4)17(3)13-7-11(12(15)8-16-13)14(18)19-6-2/h7-8,10H,5-6,9,15H2,1-4H3. The highest BCUT2D eigenvalue weighted by atomic mass is 32.2. The molecule has 0 spiro atoms. The van der Waals surface area contributed by atoms with Gasteiger partial charge in [-0.05, 0) is 25.7 Å². The molecule has 0 fully saturated rings. The molecule has 6 heteroatoms. The predicted octanol–water partition coefficient (Wildman–Crippen LogP) is 2.42. The first-order valence-corrected chi connectivity index (χ1v) is 8.08. The molecule has 0 bridgehead atoms. The lowest BCUT2D eigenvalue weighted by Gasteiger charge is -2.28. The summed E-state index contributed by atoms with van der Waals surface area (Å²) in [5.41, 5.74) is 6.53. The van der Waals surface area contributed by atoms with E-state index in [1.807, 2.05) is 7.05 Å². The lowest BCUT2D eigenvalue weighted by molar-refractivity contribution is 0.0527. The molecule has 0 saturated carbocycles. The molecule has 1 rings (SSSR count). The Kier molecular flexibility index (Phi) is 6.64. The second kappa shape index (κ2) is 7.99. The number of nitrogens with zero attached hydrogens (tertiary/aromatic N) is 2. The van der Waals surface area contributed by atoms with E-state index in [4.69, 9.17) is 10.5 Å². The number of anilines is 2. The number of hydrogen-bond donors (Lipinski definition) is 1. The minimum absolute atomic E-state index is 0.329. The van der Waals surface area contributed by atoms with Gasteiger partial charge >= 0.3 is 5.97 Å². The summed E-state index contributed by atoms with van der Waals surface area (Å²) in [6.45, 7) is 4.24. The highest BCUT2D eigenvalue weighted by Crippen LogP contribution is 2.21. The molecule has 1 heterocycles. The topological polar surface area (TPSA) is 68.5 Å². The maximum atomic E-state index is 11.9. The van der Waals surface area contributed by atoms with Gasteiger partial charge in [0.15, 0.2) is 0 Å². The van der Waals surface area contributed by atoms with Crippen LogP contribution in [0.25, 0.3) is 0 Å². The van der Waals surface area contributed by atoms with Gasteiger partial charge in [-0.2, -0.15) is 11.8 Å². The van der Waals surface area contributed by atoms with E-state index < -0.39 is 5.97 Å². The number of ether oxygens (including phenoxy) is 1. The van der Waals surface area contributed by atoms with Crippen molar-refractivity contribution in [1.29, 1.82) is 0 Å². The van der Waals surface area contributed by atoms with Gasteiger partial charge in [0.25, 0.3) is 0 Å². The van der Waals surface area contributed by atoms with Crippen molar-refractivity contribution in [2.24, 2.45) is 0 Å². The molecule has 1 aromatic heterocycles. The van der Waals surface area contributed by atoms with Crippen LogP contribution in [-0.2, 0) is 4.74 Å². The van der Waals surface area contributed by atoms with Gasteiger partial charge in [0.2, 0.25) is 0 Å². The summed E-state index contributed by atoms with van der Waals surface area (Å²) in [5, 5.41) is 0. The van der Waals surface area contributed by atoms with Crippen molar-refractivity contribution in [3.05, 3.63) is 17.8 Å². The monoisotopic (exact) mass is 297 g/mol. The Hall–Kier alpha value is -1.43. The maximum Gasteiger partial charge on any atom is 0.340 e. The number of aromatic nitrogens is 1. The molecular formula is C14H23N3O2S. The maximum absolute atomic E-state index is 11.9. The molecule has 0 radical (unpaired) electrons. The van der Waals surface area contributed by atoms with Crippen LogP contribution in [0.15, 0.2) is 12.3 Å². The highest BCUT2D eigenvalue weighted by Gasteiger charge is 2.18. The predicted molar refractivity (Wildman–Crippen MR) is 85.5 cm³/mol. The Bertz CT molecular complexity index is 454. The quantitative estimate of drug-likeness (QED) is 0.780. The van der Waals surface area contributed by atoms with Crippen molar-refractivity contribution in [2.45, 2.75) is 26.3 Å². The second-order valence-corrected chi connectivity index (χ2v) is 5.39. The summed E-state index contributed by atoms with van der Waals surface area (Å²) in [6, 6.07) is 2.08. The molecule has 0 saturated heterocycles. The van der Waals surface area contributed by atoms with E-state index in [0.717, 1.165) is 18.0 Å². The van der Waals surface area contributed by atoms with Crippen LogP contribution in [-0.4, -0.2) is 42.7 Å². The van der Waals surface area contributed by atoms with Gasteiger partial charge in [-0.3, -0.25) is 0 Å². The van der Waals surface area contributed by atoms with Crippen molar-refractivity contribution in [2.75, 3.05) is 36.3 Å². The van der Waals surface area contributed by atoms with E-state index in [2.05, 4.69) is 23.1 Å². The first-order chi connectivity index (χ1) is 9.54. The third-order valence-corrected chi connectivity index (χ3v) is 3.87. The van der Waals surface area contributed by atoms with Crippen LogP contribution in [0.3, 0.4) is 0 Å². The largest absolute Gasteiger partial charge is 0.462 e. The minimum Gasteiger partial charge on any atom is -0.462 e. The smallest absolute Gasteiger partial charge is 0.340 e. The number of thioether (sulfide) groups is 1. The SMILES string of the molecule is CCOC(=O)c1cc(N(C)C(CC)CSC)ncc1N. The van der Waals surface area contributed by atoms with Crippen LogP contribution in [0, 0.1) is 0 Å². The van der Waals surface area contributed by atoms with Crippen LogP contribution < -0.4 is 10.6 Å². The number of esters is 1. The molecule has 0 aliphatic rings. The molecule has 1 atom stereocenters. The van der Waals surface area contributed by atoms with Gasteiger partial charge in [0, 0.05) is 18.8 Å². The summed E-state index contributed by atoms with van der Waals surface area (Å²) in [5.74, 6) is 1.34. The van der Waals surface area contributed by atoms with Crippen LogP contribution in [0.4, 0.5) is 11.5 Å². The van der Waals surface area contributed by atoms with Gasteiger partial charge in [-0.15, -0.1) is 0 Å². The van der Waals surface area contributed by atoms with Crippen molar-refractivity contribution < 1.29 is 9.53 Å². The third-order valence-electron chi connectivity index (χ3n) is 3.16. The van der Waals surface area contributed by atoms with Crippen molar-refractivity contribution >= 4 is 29.2 Å². The van der Waals surface area contributed by atoms with Gasteiger partial charge in [-0.25, -0.2) is 9.78 Å². The number of nitrogens with two attached hydrogens (primary N) is 1. The Morgan fingerprint density at radius 2 is 2.25 bits per heavy atom. The highest BCUT2D eigenvalue weighted by molar-refractivity contribution is 7.98. The molecule has 112 valence electrons. The molecular weight excluding hydrogens is 274 g/mol. The Balaban J connectivity index is 3.01. The molecule has 0 aromatic carbocycles. The number of pyridine rings is 1. The molecule has 20 heavy (non-hydrogen) atoms. The van der Waals surface area contributed by atoms with Gasteiger partial charge in [0.1, 0.15) is 5.82 Å². The molecule has 1 unspecified atom stereocenters. The van der Waals surface area contributed by atoms with Crippen LogP contribution in [0.5, 0.6) is 0 Å². The van der Waals surface area contributed by atoms with E-state index in [1.165, 1.54) is 6.20 Å². The number of nitrogen functional groups attached to an aromatic ring is 1. The summed E-state index contributed by atoms with van der Waals surface area (Å²) < 4.78 is 5.01. The van der Waals surface area contributed by atoms with E-state index in [9.17, 15) is 4.79 Å². The number of carbonyl (C=O) groups excluding carboxylic acids is 1. The van der Waals surface area contributed by atoms with Crippen LogP contribution >= 0.6 is 11.8 Å². The first kappa shape index (κ1) is 16.6. The lowest BCUT2D eigenvalue weighted by atomic mass is 10.2. The van der Waals surface area contributed by atoms with E-state index in [1.54, 1.807) is 24.8 Å². The zero-order valence-electron chi connectivity index (χ0n) is 12.5. The van der Waals surface area contributed by atoms with Gasteiger partial charge < -0.3 is 15.4 Å². The fourth-order valence-corrected chi connectivity index (χ4v) is 2.76.